The van der Waals surface area contributed by atoms with Gasteiger partial charge in [0.25, 0.3) is 0 Å². The lowest BCUT2D eigenvalue weighted by atomic mass is 10.0. The molecule has 0 atom stereocenters. The van der Waals surface area contributed by atoms with Gasteiger partial charge in [-0.25, -0.2) is 4.98 Å². The molecule has 0 unspecified atom stereocenters. The Morgan fingerprint density at radius 3 is 2.94 bits per heavy atom. The van der Waals surface area contributed by atoms with Crippen LogP contribution in [0.5, 0.6) is 0 Å². The highest BCUT2D eigenvalue weighted by Gasteiger charge is 2.12. The summed E-state index contributed by atoms with van der Waals surface area (Å²) in [5.41, 5.74) is 7.95. The molecule has 0 aliphatic heterocycles. The summed E-state index contributed by atoms with van der Waals surface area (Å²) >= 11 is 1.70. The zero-order valence-corrected chi connectivity index (χ0v) is 10.5. The van der Waals surface area contributed by atoms with Crippen molar-refractivity contribution >= 4 is 11.3 Å². The number of hydrogen-bond donors (Lipinski definition) is 2. The predicted octanol–water partition coefficient (Wildman–Crippen LogP) is 2.81. The van der Waals surface area contributed by atoms with Crippen molar-refractivity contribution in [1.29, 1.82) is 0 Å². The fraction of sp³-hybridized carbons (Fsp3) is 0.417. The number of aryl methyl sites for hydroxylation is 1. The fourth-order valence-corrected chi connectivity index (χ4v) is 2.27. The molecular formula is C12H17N3S. The molecule has 0 aromatic carbocycles. The topological polar surface area (TPSA) is 54.7 Å². The second-order valence-corrected chi connectivity index (χ2v) is 5.64. The van der Waals surface area contributed by atoms with Crippen LogP contribution in [-0.2, 0) is 6.42 Å². The Kier molecular flexibility index (Phi) is 3.12. The highest BCUT2D eigenvalue weighted by Crippen LogP contribution is 2.22. The largest absolute Gasteiger partial charge is 0.360 e. The molecule has 86 valence electrons. The monoisotopic (exact) mass is 235 g/mol. The number of nitrogens with zero attached hydrogens (tertiary/aromatic N) is 1. The van der Waals surface area contributed by atoms with Crippen molar-refractivity contribution in [3.63, 3.8) is 0 Å². The summed E-state index contributed by atoms with van der Waals surface area (Å²) in [6.07, 6.45) is 3.83. The second kappa shape index (κ2) is 4.39. The van der Waals surface area contributed by atoms with Crippen LogP contribution in [-0.4, -0.2) is 15.5 Å². The molecular weight excluding hydrogens is 218 g/mol. The van der Waals surface area contributed by atoms with Gasteiger partial charge in [-0.05, 0) is 32.4 Å². The summed E-state index contributed by atoms with van der Waals surface area (Å²) in [6, 6.07) is 4.02. The number of nitrogens with one attached hydrogen (secondary N) is 1. The van der Waals surface area contributed by atoms with Crippen molar-refractivity contribution < 1.29 is 0 Å². The molecule has 3 nitrogen and oxygen atoms in total. The zero-order valence-electron chi connectivity index (χ0n) is 9.66. The number of nitrogens with two attached hydrogens (primary N) is 1. The van der Waals surface area contributed by atoms with E-state index in [1.54, 1.807) is 11.3 Å². The second-order valence-electron chi connectivity index (χ2n) is 4.70. The van der Waals surface area contributed by atoms with Gasteiger partial charge in [-0.15, -0.1) is 11.3 Å². The summed E-state index contributed by atoms with van der Waals surface area (Å²) < 4.78 is 0. The molecule has 0 aliphatic carbocycles. The van der Waals surface area contributed by atoms with Gasteiger partial charge in [0.2, 0.25) is 0 Å². The maximum absolute atomic E-state index is 5.96. The molecule has 2 heterocycles. The molecule has 0 aliphatic rings. The lowest BCUT2D eigenvalue weighted by Crippen LogP contribution is -2.32. The van der Waals surface area contributed by atoms with Crippen molar-refractivity contribution in [3.05, 3.63) is 28.7 Å². The van der Waals surface area contributed by atoms with Crippen LogP contribution in [0.1, 0.15) is 25.3 Å². The molecule has 0 radical (unpaired) electrons. The minimum absolute atomic E-state index is 0.113. The van der Waals surface area contributed by atoms with Gasteiger partial charge in [0.15, 0.2) is 0 Å². The minimum Gasteiger partial charge on any atom is -0.360 e. The van der Waals surface area contributed by atoms with E-state index in [-0.39, 0.29) is 5.54 Å². The van der Waals surface area contributed by atoms with Crippen molar-refractivity contribution in [1.82, 2.24) is 9.97 Å². The van der Waals surface area contributed by atoms with E-state index >= 15 is 0 Å². The number of rotatable bonds is 4. The summed E-state index contributed by atoms with van der Waals surface area (Å²) in [5.74, 6) is 0. The van der Waals surface area contributed by atoms with Crippen molar-refractivity contribution in [2.24, 2.45) is 5.73 Å². The number of H-pyrrole nitrogens is 1. The third-order valence-electron chi connectivity index (χ3n) is 2.41. The third-order valence-corrected chi connectivity index (χ3v) is 3.32. The van der Waals surface area contributed by atoms with E-state index in [0.29, 0.717) is 0 Å². The molecule has 3 N–H and O–H groups in total. The van der Waals surface area contributed by atoms with Crippen LogP contribution >= 0.6 is 11.3 Å². The Labute approximate surface area is 99.7 Å². The standard InChI is InChI=1S/C12H17N3S/c1-12(2,13)6-5-11-15-10(8-16-11)9-4-3-7-14-9/h3-4,7-8,14H,5-6,13H2,1-2H3. The van der Waals surface area contributed by atoms with Gasteiger partial charge in [-0.3, -0.25) is 0 Å². The highest BCUT2D eigenvalue weighted by atomic mass is 32.1. The Bertz CT molecular complexity index is 437. The van der Waals surface area contributed by atoms with Gasteiger partial charge in [0.05, 0.1) is 16.4 Å². The molecule has 16 heavy (non-hydrogen) atoms. The normalized spacial score (nSPS) is 11.9. The quantitative estimate of drug-likeness (QED) is 0.856. The summed E-state index contributed by atoms with van der Waals surface area (Å²) in [4.78, 5) is 7.75. The molecule has 2 aromatic heterocycles. The molecule has 2 rings (SSSR count). The predicted molar refractivity (Wildman–Crippen MR) is 68.5 cm³/mol. The van der Waals surface area contributed by atoms with E-state index in [0.717, 1.165) is 29.2 Å². The maximum Gasteiger partial charge on any atom is 0.0976 e. The average molecular weight is 235 g/mol. The molecule has 0 spiro atoms. The van der Waals surface area contributed by atoms with Gasteiger partial charge < -0.3 is 10.7 Å². The molecule has 0 saturated carbocycles. The van der Waals surface area contributed by atoms with Gasteiger partial charge in [-0.2, -0.15) is 0 Å². The first-order valence-corrected chi connectivity index (χ1v) is 6.30. The molecule has 0 saturated heterocycles. The van der Waals surface area contributed by atoms with Crippen LogP contribution in [0.25, 0.3) is 11.4 Å². The Morgan fingerprint density at radius 1 is 1.50 bits per heavy atom. The molecule has 4 heteroatoms. The average Bonchev–Trinajstić information content (AvgIpc) is 2.84. The molecule has 2 aromatic rings. The van der Waals surface area contributed by atoms with E-state index in [1.165, 1.54) is 0 Å². The van der Waals surface area contributed by atoms with Crippen molar-refractivity contribution in [3.8, 4) is 11.4 Å². The van der Waals surface area contributed by atoms with Crippen LogP contribution in [0, 0.1) is 0 Å². The molecule has 0 amide bonds. The summed E-state index contributed by atoms with van der Waals surface area (Å²) in [5, 5.41) is 3.24. The maximum atomic E-state index is 5.96. The smallest absolute Gasteiger partial charge is 0.0976 e. The van der Waals surface area contributed by atoms with E-state index in [9.17, 15) is 0 Å². The van der Waals surface area contributed by atoms with Gasteiger partial charge in [0.1, 0.15) is 0 Å². The Balaban J connectivity index is 2.03. The fourth-order valence-electron chi connectivity index (χ4n) is 1.47. The third kappa shape index (κ3) is 2.93. The summed E-state index contributed by atoms with van der Waals surface area (Å²) in [6.45, 7) is 4.10. The zero-order chi connectivity index (χ0) is 11.6. The van der Waals surface area contributed by atoms with E-state index in [1.807, 2.05) is 32.2 Å². The van der Waals surface area contributed by atoms with Gasteiger partial charge in [0, 0.05) is 23.5 Å². The first kappa shape index (κ1) is 11.4. The summed E-state index contributed by atoms with van der Waals surface area (Å²) in [7, 11) is 0. The Morgan fingerprint density at radius 2 is 2.31 bits per heavy atom. The van der Waals surface area contributed by atoms with E-state index in [2.05, 4.69) is 15.3 Å². The number of thiazole rings is 1. The number of hydrogen-bond acceptors (Lipinski definition) is 3. The van der Waals surface area contributed by atoms with Gasteiger partial charge >= 0.3 is 0 Å². The SMILES string of the molecule is CC(C)(N)CCc1nc(-c2ccc[nH]2)cs1. The first-order chi connectivity index (χ1) is 7.54. The molecule has 0 bridgehead atoms. The number of aromatic amines is 1. The van der Waals surface area contributed by atoms with Crippen molar-refractivity contribution in [2.45, 2.75) is 32.2 Å². The molecule has 0 fully saturated rings. The highest BCUT2D eigenvalue weighted by molar-refractivity contribution is 7.09. The van der Waals surface area contributed by atoms with Crippen LogP contribution in [0.2, 0.25) is 0 Å². The van der Waals surface area contributed by atoms with E-state index < -0.39 is 0 Å². The minimum atomic E-state index is -0.113. The van der Waals surface area contributed by atoms with Crippen LogP contribution < -0.4 is 5.73 Å². The van der Waals surface area contributed by atoms with Crippen LogP contribution in [0.15, 0.2) is 23.7 Å². The van der Waals surface area contributed by atoms with Crippen LogP contribution in [0.4, 0.5) is 0 Å². The van der Waals surface area contributed by atoms with Crippen LogP contribution in [0.3, 0.4) is 0 Å². The van der Waals surface area contributed by atoms with Gasteiger partial charge in [-0.1, -0.05) is 0 Å². The lowest BCUT2D eigenvalue weighted by Gasteiger charge is -2.16. The lowest BCUT2D eigenvalue weighted by molar-refractivity contribution is 0.476. The first-order valence-electron chi connectivity index (χ1n) is 5.42. The van der Waals surface area contributed by atoms with Crippen molar-refractivity contribution in [2.75, 3.05) is 0 Å². The number of aromatic nitrogens is 2. The van der Waals surface area contributed by atoms with E-state index in [4.69, 9.17) is 5.73 Å². The Hall–Kier alpha value is -1.13.